The van der Waals surface area contributed by atoms with Crippen LogP contribution in [0.25, 0.3) is 0 Å². The second-order valence-electron chi connectivity index (χ2n) is 5.25. The van der Waals surface area contributed by atoms with Gasteiger partial charge < -0.3 is 15.4 Å². The number of carbonyl (C=O) groups is 1. The van der Waals surface area contributed by atoms with E-state index in [4.69, 9.17) is 10.5 Å². The predicted molar refractivity (Wildman–Crippen MR) is 87.4 cm³/mol. The van der Waals surface area contributed by atoms with Crippen molar-refractivity contribution < 1.29 is 9.53 Å². The van der Waals surface area contributed by atoms with Gasteiger partial charge in [0.25, 0.3) is 0 Å². The lowest BCUT2D eigenvalue weighted by atomic mass is 10.0. The van der Waals surface area contributed by atoms with E-state index in [0.29, 0.717) is 19.2 Å². The molecular formula is C16H24N2O2S. The molecule has 0 aromatic heterocycles. The Labute approximate surface area is 131 Å². The Hall–Kier alpha value is -1.20. The van der Waals surface area contributed by atoms with Crippen LogP contribution in [0.1, 0.15) is 24.8 Å². The molecule has 4 nitrogen and oxygen atoms in total. The van der Waals surface area contributed by atoms with Crippen LogP contribution >= 0.6 is 11.8 Å². The number of benzene rings is 1. The molecule has 0 bridgehead atoms. The van der Waals surface area contributed by atoms with Crippen molar-refractivity contribution in [2.75, 3.05) is 24.6 Å². The number of amides is 1. The zero-order chi connectivity index (χ0) is 14.9. The van der Waals surface area contributed by atoms with Gasteiger partial charge in [-0.25, -0.2) is 4.79 Å². The average Bonchev–Trinajstić information content (AvgIpc) is 2.54. The average molecular weight is 308 g/mol. The van der Waals surface area contributed by atoms with Crippen LogP contribution in [-0.4, -0.2) is 41.6 Å². The molecule has 1 aliphatic rings. The maximum atomic E-state index is 12.3. The number of hydrogen-bond donors (Lipinski definition) is 1. The van der Waals surface area contributed by atoms with Gasteiger partial charge in [0.1, 0.15) is 6.61 Å². The molecule has 0 spiro atoms. The Morgan fingerprint density at radius 2 is 2.14 bits per heavy atom. The molecule has 0 unspecified atom stereocenters. The Morgan fingerprint density at radius 3 is 2.90 bits per heavy atom. The molecule has 1 aliphatic heterocycles. The van der Waals surface area contributed by atoms with Crippen molar-refractivity contribution in [3.63, 3.8) is 0 Å². The third-order valence-corrected chi connectivity index (χ3v) is 4.78. The Balaban J connectivity index is 1.83. The minimum atomic E-state index is -0.183. The van der Waals surface area contributed by atoms with E-state index >= 15 is 0 Å². The summed E-state index contributed by atoms with van der Waals surface area (Å²) in [6.07, 6.45) is 3.14. The van der Waals surface area contributed by atoms with E-state index in [0.717, 1.165) is 36.5 Å². The van der Waals surface area contributed by atoms with Crippen LogP contribution in [0.5, 0.6) is 0 Å². The van der Waals surface area contributed by atoms with E-state index in [-0.39, 0.29) is 6.09 Å². The zero-order valence-electron chi connectivity index (χ0n) is 12.4. The van der Waals surface area contributed by atoms with Crippen molar-refractivity contribution >= 4 is 17.9 Å². The van der Waals surface area contributed by atoms with E-state index < -0.39 is 0 Å². The third-order valence-electron chi connectivity index (χ3n) is 3.64. The maximum absolute atomic E-state index is 12.3. The highest BCUT2D eigenvalue weighted by atomic mass is 32.2. The summed E-state index contributed by atoms with van der Waals surface area (Å²) in [6, 6.07) is 10.1. The second kappa shape index (κ2) is 8.95. The Morgan fingerprint density at radius 1 is 1.33 bits per heavy atom. The number of hydrogen-bond acceptors (Lipinski definition) is 4. The van der Waals surface area contributed by atoms with Gasteiger partial charge in [0, 0.05) is 30.6 Å². The molecule has 0 radical (unpaired) electrons. The molecule has 1 amide bonds. The van der Waals surface area contributed by atoms with Crippen molar-refractivity contribution in [3.05, 3.63) is 35.9 Å². The SMILES string of the molecule is NCCSC[C@@H]1CCCCN1C(=O)OCc1ccccc1. The zero-order valence-corrected chi connectivity index (χ0v) is 13.2. The van der Waals surface area contributed by atoms with Crippen molar-refractivity contribution in [3.8, 4) is 0 Å². The minimum absolute atomic E-state index is 0.183. The van der Waals surface area contributed by atoms with E-state index in [1.54, 1.807) is 0 Å². The highest BCUT2D eigenvalue weighted by molar-refractivity contribution is 7.99. The fourth-order valence-electron chi connectivity index (χ4n) is 2.52. The first-order valence-corrected chi connectivity index (χ1v) is 8.72. The molecule has 1 aromatic carbocycles. The number of nitrogens with zero attached hydrogens (tertiary/aromatic N) is 1. The van der Waals surface area contributed by atoms with Gasteiger partial charge in [-0.2, -0.15) is 11.8 Å². The van der Waals surface area contributed by atoms with E-state index in [1.807, 2.05) is 47.0 Å². The lowest BCUT2D eigenvalue weighted by Gasteiger charge is -2.34. The van der Waals surface area contributed by atoms with Gasteiger partial charge >= 0.3 is 6.09 Å². The number of nitrogens with two attached hydrogens (primary N) is 1. The number of thioether (sulfide) groups is 1. The summed E-state index contributed by atoms with van der Waals surface area (Å²) < 4.78 is 5.46. The van der Waals surface area contributed by atoms with Crippen LogP contribution in [-0.2, 0) is 11.3 Å². The number of likely N-dealkylation sites (tertiary alicyclic amines) is 1. The first-order valence-electron chi connectivity index (χ1n) is 7.56. The monoisotopic (exact) mass is 308 g/mol. The van der Waals surface area contributed by atoms with Crippen molar-refractivity contribution in [2.45, 2.75) is 31.9 Å². The number of carbonyl (C=O) groups excluding carboxylic acids is 1. The highest BCUT2D eigenvalue weighted by Gasteiger charge is 2.27. The van der Waals surface area contributed by atoms with Crippen LogP contribution in [0.3, 0.4) is 0 Å². The van der Waals surface area contributed by atoms with Crippen molar-refractivity contribution in [1.82, 2.24) is 4.90 Å². The number of rotatable bonds is 6. The van der Waals surface area contributed by atoms with Crippen molar-refractivity contribution in [2.24, 2.45) is 5.73 Å². The van der Waals surface area contributed by atoms with Crippen LogP contribution < -0.4 is 5.73 Å². The molecule has 0 aliphatic carbocycles. The molecule has 1 aromatic rings. The summed E-state index contributed by atoms with van der Waals surface area (Å²) in [7, 11) is 0. The van der Waals surface area contributed by atoms with Gasteiger partial charge in [0.2, 0.25) is 0 Å². The molecule has 21 heavy (non-hydrogen) atoms. The smallest absolute Gasteiger partial charge is 0.410 e. The molecule has 2 rings (SSSR count). The second-order valence-corrected chi connectivity index (χ2v) is 6.40. The van der Waals surface area contributed by atoms with Crippen LogP contribution in [0, 0.1) is 0 Å². The molecule has 0 saturated carbocycles. The molecule has 1 saturated heterocycles. The highest BCUT2D eigenvalue weighted by Crippen LogP contribution is 2.21. The van der Waals surface area contributed by atoms with E-state index in [2.05, 4.69) is 0 Å². The van der Waals surface area contributed by atoms with Gasteiger partial charge in [-0.05, 0) is 24.8 Å². The van der Waals surface area contributed by atoms with Crippen LogP contribution in [0.15, 0.2) is 30.3 Å². The molecule has 2 N–H and O–H groups in total. The first kappa shape index (κ1) is 16.2. The first-order chi connectivity index (χ1) is 10.3. The molecule has 1 heterocycles. The topological polar surface area (TPSA) is 55.6 Å². The maximum Gasteiger partial charge on any atom is 0.410 e. The molecular weight excluding hydrogens is 284 g/mol. The largest absolute Gasteiger partial charge is 0.445 e. The summed E-state index contributed by atoms with van der Waals surface area (Å²) in [6.45, 7) is 1.84. The molecule has 116 valence electrons. The number of piperidine rings is 1. The summed E-state index contributed by atoms with van der Waals surface area (Å²) in [4.78, 5) is 14.2. The van der Waals surface area contributed by atoms with Gasteiger partial charge in [0.05, 0.1) is 0 Å². The van der Waals surface area contributed by atoms with Crippen LogP contribution in [0.2, 0.25) is 0 Å². The third kappa shape index (κ3) is 5.25. The van der Waals surface area contributed by atoms with Crippen LogP contribution in [0.4, 0.5) is 4.79 Å². The summed E-state index contributed by atoms with van der Waals surface area (Å²) in [5, 5.41) is 0. The normalized spacial score (nSPS) is 18.5. The predicted octanol–water partition coefficient (Wildman–Crippen LogP) is 2.87. The lowest BCUT2D eigenvalue weighted by molar-refractivity contribution is 0.0731. The fraction of sp³-hybridized carbons (Fsp3) is 0.562. The number of ether oxygens (including phenoxy) is 1. The molecule has 1 fully saturated rings. The van der Waals surface area contributed by atoms with Gasteiger partial charge in [-0.1, -0.05) is 30.3 Å². The molecule has 5 heteroatoms. The van der Waals surface area contributed by atoms with Gasteiger partial charge in [0.15, 0.2) is 0 Å². The molecule has 1 atom stereocenters. The Bertz CT molecular complexity index is 428. The Kier molecular flexibility index (Phi) is 6.89. The van der Waals surface area contributed by atoms with Crippen molar-refractivity contribution in [1.29, 1.82) is 0 Å². The van der Waals surface area contributed by atoms with Gasteiger partial charge in [-0.15, -0.1) is 0 Å². The standard InChI is InChI=1S/C16H24N2O2S/c17-9-11-21-13-15-8-4-5-10-18(15)16(19)20-12-14-6-2-1-3-7-14/h1-3,6-7,15H,4-5,8-13,17H2/t15-/m0/s1. The lowest BCUT2D eigenvalue weighted by Crippen LogP contribution is -2.45. The van der Waals surface area contributed by atoms with E-state index in [9.17, 15) is 4.79 Å². The van der Waals surface area contributed by atoms with Gasteiger partial charge in [-0.3, -0.25) is 0 Å². The summed E-state index contributed by atoms with van der Waals surface area (Å²) in [5.74, 6) is 1.90. The summed E-state index contributed by atoms with van der Waals surface area (Å²) in [5.41, 5.74) is 6.55. The fourth-order valence-corrected chi connectivity index (χ4v) is 3.47. The summed E-state index contributed by atoms with van der Waals surface area (Å²) >= 11 is 1.82. The quantitative estimate of drug-likeness (QED) is 0.821. The minimum Gasteiger partial charge on any atom is -0.445 e. The van der Waals surface area contributed by atoms with E-state index in [1.165, 1.54) is 6.42 Å².